The predicted molar refractivity (Wildman–Crippen MR) is 226 cm³/mol. The first-order chi connectivity index (χ1) is 27.3. The van der Waals surface area contributed by atoms with Crippen molar-refractivity contribution in [1.82, 2.24) is 14.5 Å². The van der Waals surface area contributed by atoms with Crippen LogP contribution in [0, 0.1) is 0 Å². The largest absolute Gasteiger partial charge is 0.278 e. The Kier molecular flexibility index (Phi) is 6.48. The van der Waals surface area contributed by atoms with Crippen molar-refractivity contribution in [2.24, 2.45) is 0 Å². The maximum Gasteiger partial charge on any atom is 0.235 e. The molecule has 3 heterocycles. The van der Waals surface area contributed by atoms with E-state index in [9.17, 15) is 0 Å². The summed E-state index contributed by atoms with van der Waals surface area (Å²) in [5.74, 6) is 0.666. The minimum Gasteiger partial charge on any atom is -0.278 e. The van der Waals surface area contributed by atoms with Crippen molar-refractivity contribution in [3.8, 4) is 39.5 Å². The smallest absolute Gasteiger partial charge is 0.235 e. The Hall–Kier alpha value is -6.75. The van der Waals surface area contributed by atoms with E-state index in [-0.39, 0.29) is 0 Å². The number of benzene rings is 8. The summed E-state index contributed by atoms with van der Waals surface area (Å²) in [5, 5.41) is 3.41. The van der Waals surface area contributed by atoms with Gasteiger partial charge in [0.05, 0.1) is 27.7 Å². The Morgan fingerprint density at radius 2 is 1.00 bits per heavy atom. The molecule has 1 spiro atoms. The van der Waals surface area contributed by atoms with Gasteiger partial charge in [-0.25, -0.2) is 9.97 Å². The molecule has 55 heavy (non-hydrogen) atoms. The van der Waals surface area contributed by atoms with E-state index >= 15 is 0 Å². The maximum atomic E-state index is 5.44. The molecule has 2 aliphatic rings. The van der Waals surface area contributed by atoms with E-state index in [1.165, 1.54) is 65.1 Å². The van der Waals surface area contributed by atoms with Crippen LogP contribution >= 0.6 is 11.8 Å². The molecule has 0 unspecified atom stereocenters. The van der Waals surface area contributed by atoms with Gasteiger partial charge in [-0.15, -0.1) is 0 Å². The second-order valence-electron chi connectivity index (χ2n) is 14.5. The zero-order chi connectivity index (χ0) is 36.1. The van der Waals surface area contributed by atoms with Crippen LogP contribution in [0.1, 0.15) is 22.3 Å². The molecule has 0 radical (unpaired) electrons. The SMILES string of the molecule is c1ccc(-c2ccc(-c3nc(-n4c5ccccc5c5cc6c(cc54)Sc4ccccc4C64c5ccccc5-c5ccccc54)nc4ccccc34)cc2)cc1. The topological polar surface area (TPSA) is 30.7 Å². The second-order valence-corrected chi connectivity index (χ2v) is 15.6. The number of aromatic nitrogens is 3. The van der Waals surface area contributed by atoms with Crippen molar-refractivity contribution in [2.75, 3.05) is 0 Å². The molecular weight excluding hydrogens is 687 g/mol. The summed E-state index contributed by atoms with van der Waals surface area (Å²) in [6.45, 7) is 0. The number of para-hydroxylation sites is 2. The zero-order valence-corrected chi connectivity index (χ0v) is 30.5. The maximum absolute atomic E-state index is 5.44. The summed E-state index contributed by atoms with van der Waals surface area (Å²) in [7, 11) is 0. The van der Waals surface area contributed by atoms with E-state index in [0.717, 1.165) is 33.2 Å². The van der Waals surface area contributed by atoms with Crippen LogP contribution in [0.3, 0.4) is 0 Å². The molecule has 12 rings (SSSR count). The fourth-order valence-corrected chi connectivity index (χ4v) is 10.6. The molecule has 0 atom stereocenters. The van der Waals surface area contributed by atoms with Gasteiger partial charge in [-0.05, 0) is 74.8 Å². The summed E-state index contributed by atoms with van der Waals surface area (Å²) >= 11 is 1.87. The first kappa shape index (κ1) is 30.7. The van der Waals surface area contributed by atoms with E-state index in [0.29, 0.717) is 5.95 Å². The van der Waals surface area contributed by atoms with Crippen LogP contribution in [0.25, 0.3) is 72.2 Å². The van der Waals surface area contributed by atoms with E-state index in [1.54, 1.807) is 0 Å². The van der Waals surface area contributed by atoms with Crippen LogP contribution in [0.4, 0.5) is 0 Å². The number of fused-ring (bicyclic) bond motifs is 13. The third-order valence-corrected chi connectivity index (χ3v) is 12.8. The molecule has 1 aliphatic carbocycles. The van der Waals surface area contributed by atoms with Crippen molar-refractivity contribution in [3.63, 3.8) is 0 Å². The molecule has 0 N–H and O–H groups in total. The lowest BCUT2D eigenvalue weighted by Gasteiger charge is -2.39. The molecule has 2 aromatic heterocycles. The van der Waals surface area contributed by atoms with Crippen molar-refractivity contribution in [2.45, 2.75) is 15.2 Å². The monoisotopic (exact) mass is 717 g/mol. The molecule has 4 heteroatoms. The summed E-state index contributed by atoms with van der Waals surface area (Å²) < 4.78 is 2.28. The van der Waals surface area contributed by atoms with Gasteiger partial charge >= 0.3 is 0 Å². The van der Waals surface area contributed by atoms with Crippen LogP contribution in [0.15, 0.2) is 198 Å². The van der Waals surface area contributed by atoms with Crippen molar-refractivity contribution in [1.29, 1.82) is 0 Å². The average molecular weight is 718 g/mol. The quantitative estimate of drug-likeness (QED) is 0.182. The van der Waals surface area contributed by atoms with Gasteiger partial charge in [0.25, 0.3) is 0 Å². The van der Waals surface area contributed by atoms with Gasteiger partial charge < -0.3 is 0 Å². The van der Waals surface area contributed by atoms with Crippen molar-refractivity contribution in [3.05, 3.63) is 210 Å². The summed E-state index contributed by atoms with van der Waals surface area (Å²) in [4.78, 5) is 13.3. The molecule has 0 saturated carbocycles. The highest BCUT2D eigenvalue weighted by molar-refractivity contribution is 7.99. The third-order valence-electron chi connectivity index (χ3n) is 11.7. The fourth-order valence-electron chi connectivity index (χ4n) is 9.37. The minimum atomic E-state index is -0.444. The fraction of sp³-hybridized carbons (Fsp3) is 0.0196. The zero-order valence-electron chi connectivity index (χ0n) is 29.6. The number of nitrogens with zero attached hydrogens (tertiary/aromatic N) is 3. The van der Waals surface area contributed by atoms with Gasteiger partial charge in [0.15, 0.2) is 0 Å². The van der Waals surface area contributed by atoms with Gasteiger partial charge in [0, 0.05) is 31.5 Å². The Labute approximate surface area is 322 Å². The first-order valence-electron chi connectivity index (χ1n) is 18.7. The molecule has 8 aromatic carbocycles. The Bertz CT molecular complexity index is 3130. The molecule has 0 saturated heterocycles. The number of hydrogen-bond donors (Lipinski definition) is 0. The highest BCUT2D eigenvalue weighted by Gasteiger charge is 2.50. The normalized spacial score (nSPS) is 13.5. The van der Waals surface area contributed by atoms with Gasteiger partial charge in [-0.2, -0.15) is 0 Å². The number of hydrogen-bond acceptors (Lipinski definition) is 3. The average Bonchev–Trinajstić information content (AvgIpc) is 3.73. The van der Waals surface area contributed by atoms with Crippen LogP contribution in [0.2, 0.25) is 0 Å². The lowest BCUT2D eigenvalue weighted by molar-refractivity contribution is 0.724. The van der Waals surface area contributed by atoms with E-state index in [4.69, 9.17) is 9.97 Å². The molecule has 256 valence electrons. The molecular formula is C51H31N3S. The molecule has 0 fully saturated rings. The van der Waals surface area contributed by atoms with Crippen molar-refractivity contribution < 1.29 is 0 Å². The van der Waals surface area contributed by atoms with Gasteiger partial charge in [-0.1, -0.05) is 169 Å². The second kappa shape index (κ2) is 11.6. The molecule has 10 aromatic rings. The van der Waals surface area contributed by atoms with Crippen molar-refractivity contribution >= 4 is 44.5 Å². The highest BCUT2D eigenvalue weighted by atomic mass is 32.2. The van der Waals surface area contributed by atoms with E-state index in [2.05, 4.69) is 193 Å². The number of rotatable bonds is 3. The highest BCUT2D eigenvalue weighted by Crippen LogP contribution is 2.62. The lowest BCUT2D eigenvalue weighted by Crippen LogP contribution is -2.32. The van der Waals surface area contributed by atoms with Crippen LogP contribution in [0.5, 0.6) is 0 Å². The lowest BCUT2D eigenvalue weighted by atomic mass is 9.67. The molecule has 1 aliphatic heterocycles. The Morgan fingerprint density at radius 3 is 1.78 bits per heavy atom. The van der Waals surface area contributed by atoms with Gasteiger partial charge in [0.1, 0.15) is 0 Å². The Balaban J connectivity index is 1.13. The Morgan fingerprint density at radius 1 is 0.400 bits per heavy atom. The summed E-state index contributed by atoms with van der Waals surface area (Å²) in [6, 6.07) is 68.3. The summed E-state index contributed by atoms with van der Waals surface area (Å²) in [6.07, 6.45) is 0. The van der Waals surface area contributed by atoms with E-state index < -0.39 is 5.41 Å². The molecule has 0 amide bonds. The predicted octanol–water partition coefficient (Wildman–Crippen LogP) is 12.9. The first-order valence-corrected chi connectivity index (χ1v) is 19.6. The van der Waals surface area contributed by atoms with Gasteiger partial charge in [-0.3, -0.25) is 4.57 Å². The van der Waals surface area contributed by atoms with Crippen LogP contribution in [-0.4, -0.2) is 14.5 Å². The third kappa shape index (κ3) is 4.29. The van der Waals surface area contributed by atoms with Crippen LogP contribution < -0.4 is 0 Å². The standard InChI is InChI=1S/C51H31N3S/c1-2-14-32(15-3-1)33-26-28-34(29-27-33)49-38-19-6-11-23-44(38)52-50(53-49)54-45-24-12-7-18-37(45)39-30-43-48(31-46(39)54)55-47-25-13-10-22-42(47)51(43)40-20-8-4-16-35(40)36-17-5-9-21-41(36)51/h1-31H. The van der Waals surface area contributed by atoms with Gasteiger partial charge in [0.2, 0.25) is 5.95 Å². The molecule has 0 bridgehead atoms. The van der Waals surface area contributed by atoms with E-state index in [1.807, 2.05) is 11.8 Å². The minimum absolute atomic E-state index is 0.444. The summed E-state index contributed by atoms with van der Waals surface area (Å²) in [5.41, 5.74) is 15.0. The van der Waals surface area contributed by atoms with Crippen LogP contribution in [-0.2, 0) is 5.41 Å². The molecule has 3 nitrogen and oxygen atoms in total.